The van der Waals surface area contributed by atoms with Gasteiger partial charge in [0.25, 0.3) is 0 Å². The minimum atomic E-state index is -1.14. The summed E-state index contributed by atoms with van der Waals surface area (Å²) in [7, 11) is 0. The van der Waals surface area contributed by atoms with E-state index in [1.165, 1.54) is 6.07 Å². The molecule has 120 valence electrons. The van der Waals surface area contributed by atoms with Crippen molar-refractivity contribution in [2.24, 2.45) is 0 Å². The van der Waals surface area contributed by atoms with Crippen LogP contribution < -0.4 is 9.47 Å². The highest BCUT2D eigenvalue weighted by molar-refractivity contribution is 9.10. The number of ether oxygens (including phenoxy) is 2. The van der Waals surface area contributed by atoms with Crippen molar-refractivity contribution in [3.63, 3.8) is 0 Å². The van der Waals surface area contributed by atoms with Crippen LogP contribution in [0.2, 0.25) is 0 Å². The second-order valence-electron chi connectivity index (χ2n) is 5.59. The van der Waals surface area contributed by atoms with E-state index in [0.29, 0.717) is 18.9 Å². The molecule has 0 spiro atoms. The van der Waals surface area contributed by atoms with Gasteiger partial charge < -0.3 is 19.1 Å². The first kappa shape index (κ1) is 14.6. The summed E-state index contributed by atoms with van der Waals surface area (Å²) in [4.78, 5) is 11.1. The number of rotatable bonds is 2. The van der Waals surface area contributed by atoms with E-state index in [2.05, 4.69) is 21.1 Å². The van der Waals surface area contributed by atoms with Gasteiger partial charge in [-0.15, -0.1) is 0 Å². The number of nitrogens with zero attached hydrogens (tertiary/aromatic N) is 1. The number of hydrogen-bond donors (Lipinski definition) is 1. The van der Waals surface area contributed by atoms with Crippen molar-refractivity contribution in [1.29, 1.82) is 0 Å². The smallest absolute Gasteiger partial charge is 0.374 e. The number of aromatic nitrogens is 1. The summed E-state index contributed by atoms with van der Waals surface area (Å²) in [6, 6.07) is 1.44. The number of hydrogen-bond acceptors (Lipinski definition) is 5. The third kappa shape index (κ3) is 2.30. The third-order valence-electron chi connectivity index (χ3n) is 4.15. The van der Waals surface area contributed by atoms with E-state index >= 15 is 0 Å². The Labute approximate surface area is 140 Å². The Morgan fingerprint density at radius 1 is 1.13 bits per heavy atom. The van der Waals surface area contributed by atoms with Crippen molar-refractivity contribution in [3.8, 4) is 22.8 Å². The van der Waals surface area contributed by atoms with Gasteiger partial charge in [-0.25, -0.2) is 4.79 Å². The van der Waals surface area contributed by atoms with Gasteiger partial charge in [-0.1, -0.05) is 5.16 Å². The van der Waals surface area contributed by atoms with Crippen molar-refractivity contribution in [2.45, 2.75) is 25.7 Å². The molecule has 6 nitrogen and oxygen atoms in total. The van der Waals surface area contributed by atoms with Gasteiger partial charge in [-0.3, -0.25) is 0 Å². The number of halogens is 1. The van der Waals surface area contributed by atoms with E-state index in [4.69, 9.17) is 19.1 Å². The molecule has 1 N–H and O–H groups in total. The normalized spacial score (nSPS) is 16.0. The van der Waals surface area contributed by atoms with E-state index in [1.54, 1.807) is 0 Å². The molecular formula is C16H14BrNO5. The molecule has 0 amide bonds. The van der Waals surface area contributed by atoms with Crippen LogP contribution >= 0.6 is 15.9 Å². The summed E-state index contributed by atoms with van der Waals surface area (Å²) >= 11 is 3.64. The Bertz CT molecular complexity index is 761. The third-order valence-corrected chi connectivity index (χ3v) is 4.99. The first-order valence-electron chi connectivity index (χ1n) is 7.50. The zero-order chi connectivity index (χ0) is 16.0. The SMILES string of the molecule is O=C(O)c1cc(-c2c3c(c(Br)c4c2OCCC4)OCCC3)no1. The molecule has 0 radical (unpaired) electrons. The van der Waals surface area contributed by atoms with Crippen LogP contribution in [-0.4, -0.2) is 29.4 Å². The van der Waals surface area contributed by atoms with E-state index in [1.807, 2.05) is 0 Å². The van der Waals surface area contributed by atoms with Crippen LogP contribution in [0.15, 0.2) is 15.1 Å². The highest BCUT2D eigenvalue weighted by Gasteiger charge is 2.30. The predicted molar refractivity (Wildman–Crippen MR) is 84.2 cm³/mol. The van der Waals surface area contributed by atoms with Crippen molar-refractivity contribution < 1.29 is 23.9 Å². The van der Waals surface area contributed by atoms with Crippen LogP contribution in [-0.2, 0) is 12.8 Å². The van der Waals surface area contributed by atoms with Gasteiger partial charge in [0.2, 0.25) is 5.76 Å². The van der Waals surface area contributed by atoms with Crippen molar-refractivity contribution in [2.75, 3.05) is 13.2 Å². The maximum absolute atomic E-state index is 11.1. The monoisotopic (exact) mass is 379 g/mol. The molecule has 1 aromatic heterocycles. The summed E-state index contributed by atoms with van der Waals surface area (Å²) in [6.45, 7) is 1.31. The summed E-state index contributed by atoms with van der Waals surface area (Å²) in [5.41, 5.74) is 3.32. The Kier molecular flexibility index (Phi) is 3.52. The first-order valence-corrected chi connectivity index (χ1v) is 8.29. The quantitative estimate of drug-likeness (QED) is 0.860. The zero-order valence-electron chi connectivity index (χ0n) is 12.2. The van der Waals surface area contributed by atoms with Crippen LogP contribution in [0.3, 0.4) is 0 Å². The van der Waals surface area contributed by atoms with Gasteiger partial charge in [0.05, 0.1) is 23.2 Å². The zero-order valence-corrected chi connectivity index (χ0v) is 13.8. The van der Waals surface area contributed by atoms with Gasteiger partial charge in [-0.05, 0) is 41.6 Å². The molecule has 0 saturated carbocycles. The number of carboxylic acids is 1. The van der Waals surface area contributed by atoms with E-state index in [-0.39, 0.29) is 5.76 Å². The van der Waals surface area contributed by atoms with E-state index in [9.17, 15) is 4.79 Å². The van der Waals surface area contributed by atoms with Gasteiger partial charge in [-0.2, -0.15) is 0 Å². The fourth-order valence-corrected chi connectivity index (χ4v) is 3.89. The number of carboxylic acid groups (broad SMARTS) is 1. The summed E-state index contributed by atoms with van der Waals surface area (Å²) in [5.74, 6) is 0.256. The molecule has 1 aromatic carbocycles. The lowest BCUT2D eigenvalue weighted by atomic mass is 9.91. The molecule has 0 atom stereocenters. The second kappa shape index (κ2) is 5.56. The molecule has 0 aliphatic carbocycles. The van der Waals surface area contributed by atoms with Crippen molar-refractivity contribution >= 4 is 21.9 Å². The maximum Gasteiger partial charge on any atom is 0.374 e. The molecule has 23 heavy (non-hydrogen) atoms. The highest BCUT2D eigenvalue weighted by atomic mass is 79.9. The number of fused-ring (bicyclic) bond motifs is 2. The molecular weight excluding hydrogens is 366 g/mol. The largest absolute Gasteiger partial charge is 0.493 e. The fraction of sp³-hybridized carbons (Fsp3) is 0.375. The lowest BCUT2D eigenvalue weighted by Gasteiger charge is -2.28. The Hall–Kier alpha value is -2.02. The molecule has 0 bridgehead atoms. The minimum absolute atomic E-state index is 0.182. The van der Waals surface area contributed by atoms with Crippen LogP contribution in [0, 0.1) is 0 Å². The standard InChI is InChI=1S/C16H14BrNO5/c17-13-9-4-2-5-21-14(9)12(8-3-1-6-22-15(8)13)10-7-11(16(19)20)23-18-10/h7H,1-6H2,(H,19,20). The first-order chi connectivity index (χ1) is 11.2. The Morgan fingerprint density at radius 2 is 1.83 bits per heavy atom. The van der Waals surface area contributed by atoms with Gasteiger partial charge in [0.1, 0.15) is 17.2 Å². The topological polar surface area (TPSA) is 81.8 Å². The van der Waals surface area contributed by atoms with Gasteiger partial charge >= 0.3 is 5.97 Å². The molecule has 2 aliphatic rings. The van der Waals surface area contributed by atoms with Crippen LogP contribution in [0.1, 0.15) is 34.5 Å². The van der Waals surface area contributed by atoms with Crippen molar-refractivity contribution in [1.82, 2.24) is 5.16 Å². The molecule has 0 saturated heterocycles. The molecule has 2 aromatic rings. The second-order valence-corrected chi connectivity index (χ2v) is 6.38. The van der Waals surface area contributed by atoms with Crippen LogP contribution in [0.5, 0.6) is 11.5 Å². The molecule has 4 rings (SSSR count). The molecule has 3 heterocycles. The highest BCUT2D eigenvalue weighted by Crippen LogP contribution is 2.50. The average molecular weight is 380 g/mol. The van der Waals surface area contributed by atoms with Gasteiger partial charge in [0, 0.05) is 17.2 Å². The number of benzene rings is 1. The minimum Gasteiger partial charge on any atom is -0.493 e. The lowest BCUT2D eigenvalue weighted by Crippen LogP contribution is -2.16. The molecule has 2 aliphatic heterocycles. The summed E-state index contributed by atoms with van der Waals surface area (Å²) < 4.78 is 17.6. The molecule has 7 heteroatoms. The maximum atomic E-state index is 11.1. The van der Waals surface area contributed by atoms with E-state index in [0.717, 1.165) is 58.3 Å². The Morgan fingerprint density at radius 3 is 2.52 bits per heavy atom. The summed E-state index contributed by atoms with van der Waals surface area (Å²) in [5, 5.41) is 13.0. The van der Waals surface area contributed by atoms with Crippen LogP contribution in [0.25, 0.3) is 11.3 Å². The Balaban J connectivity index is 1.98. The van der Waals surface area contributed by atoms with Gasteiger partial charge in [0.15, 0.2) is 0 Å². The lowest BCUT2D eigenvalue weighted by molar-refractivity contribution is 0.0652. The molecule has 0 unspecified atom stereocenters. The van der Waals surface area contributed by atoms with Crippen LogP contribution in [0.4, 0.5) is 0 Å². The average Bonchev–Trinajstić information content (AvgIpc) is 3.05. The predicted octanol–water partition coefficient (Wildman–Crippen LogP) is 3.45. The number of aromatic carboxylic acids is 1. The van der Waals surface area contributed by atoms with Crippen molar-refractivity contribution in [3.05, 3.63) is 27.4 Å². The molecule has 0 fully saturated rings. The summed E-state index contributed by atoms with van der Waals surface area (Å²) in [6.07, 6.45) is 3.54. The number of carbonyl (C=O) groups is 1. The van der Waals surface area contributed by atoms with E-state index < -0.39 is 5.97 Å². The fourth-order valence-electron chi connectivity index (χ4n) is 3.15.